The Morgan fingerprint density at radius 2 is 2.04 bits per heavy atom. The van der Waals surface area contributed by atoms with Crippen molar-refractivity contribution >= 4 is 63.1 Å². The fourth-order valence-electron chi connectivity index (χ4n) is 2.18. The first-order valence-electron chi connectivity index (χ1n) is 7.62. The monoisotopic (exact) mass is 536 g/mol. The third kappa shape index (κ3) is 7.33. The summed E-state index contributed by atoms with van der Waals surface area (Å²) in [6.07, 6.45) is 0.816. The molecule has 2 aromatic rings. The molecule has 2 rings (SSSR count). The van der Waals surface area contributed by atoms with Crippen LogP contribution in [-0.2, 0) is 13.0 Å². The molecule has 5 nitrogen and oxygen atoms in total. The largest absolute Gasteiger partial charge is 0.356 e. The molecule has 1 aromatic carbocycles. The highest BCUT2D eigenvalue weighted by Gasteiger charge is 2.04. The molecule has 1 heterocycles. The van der Waals surface area contributed by atoms with Gasteiger partial charge in [-0.25, -0.2) is 0 Å². The lowest BCUT2D eigenvalue weighted by Crippen LogP contribution is -2.37. The van der Waals surface area contributed by atoms with Gasteiger partial charge in [0.1, 0.15) is 0 Å². The summed E-state index contributed by atoms with van der Waals surface area (Å²) in [7, 11) is 3.39. The average molecular weight is 537 g/mol. The van der Waals surface area contributed by atoms with E-state index in [1.165, 1.54) is 4.88 Å². The summed E-state index contributed by atoms with van der Waals surface area (Å²) in [5, 5.41) is 9.22. The highest BCUT2D eigenvalue weighted by atomic mass is 127. The van der Waals surface area contributed by atoms with Crippen LogP contribution in [0.1, 0.15) is 20.8 Å². The molecule has 0 unspecified atom stereocenters. The van der Waals surface area contributed by atoms with Crippen molar-refractivity contribution in [1.29, 1.82) is 0 Å². The second-order valence-electron chi connectivity index (χ2n) is 5.09. The Bertz CT molecular complexity index is 720. The topological polar surface area (TPSA) is 65.5 Å². The number of thiophene rings is 1. The molecular formula is C17H22BrIN4OS. The number of guanidine groups is 1. The smallest absolute Gasteiger partial charge is 0.251 e. The first-order valence-corrected chi connectivity index (χ1v) is 9.23. The van der Waals surface area contributed by atoms with E-state index in [4.69, 9.17) is 0 Å². The Morgan fingerprint density at radius 1 is 1.24 bits per heavy atom. The van der Waals surface area contributed by atoms with Crippen LogP contribution in [0.25, 0.3) is 0 Å². The molecule has 1 aromatic heterocycles. The van der Waals surface area contributed by atoms with Crippen molar-refractivity contribution in [3.63, 3.8) is 0 Å². The number of carbonyl (C=O) groups is 1. The van der Waals surface area contributed by atoms with Crippen LogP contribution in [0.3, 0.4) is 0 Å². The van der Waals surface area contributed by atoms with Gasteiger partial charge in [-0.1, -0.05) is 12.1 Å². The fraction of sp³-hybridized carbons (Fsp3) is 0.294. The summed E-state index contributed by atoms with van der Waals surface area (Å²) in [4.78, 5) is 17.1. The third-order valence-corrected chi connectivity index (χ3v) is 5.03. The standard InChI is InChI=1S/C17H21BrN4OS.HI/c1-19-16(23)13-5-3-4-12(10-13)8-9-21-17(20-2)22-11-14-6-7-15(18)24-14;/h3-7,10H,8-9,11H2,1-2H3,(H,19,23)(H2,20,21,22);1H. The van der Waals surface area contributed by atoms with Gasteiger partial charge in [-0.2, -0.15) is 0 Å². The second-order valence-corrected chi connectivity index (χ2v) is 7.64. The zero-order chi connectivity index (χ0) is 17.4. The zero-order valence-electron chi connectivity index (χ0n) is 14.1. The maximum atomic E-state index is 11.7. The first kappa shape index (κ1) is 21.9. The van der Waals surface area contributed by atoms with E-state index >= 15 is 0 Å². The lowest BCUT2D eigenvalue weighted by atomic mass is 10.1. The summed E-state index contributed by atoms with van der Waals surface area (Å²) in [5.74, 6) is 0.700. The number of hydrogen-bond acceptors (Lipinski definition) is 3. The van der Waals surface area contributed by atoms with Gasteiger partial charge >= 0.3 is 0 Å². The second kappa shape index (κ2) is 11.5. The molecule has 0 radical (unpaired) electrons. The van der Waals surface area contributed by atoms with Crippen LogP contribution in [-0.4, -0.2) is 32.5 Å². The predicted molar refractivity (Wildman–Crippen MR) is 119 cm³/mol. The number of benzene rings is 1. The van der Waals surface area contributed by atoms with Crippen molar-refractivity contribution in [2.45, 2.75) is 13.0 Å². The van der Waals surface area contributed by atoms with Crippen molar-refractivity contribution in [2.75, 3.05) is 20.6 Å². The highest BCUT2D eigenvalue weighted by molar-refractivity contribution is 14.0. The van der Waals surface area contributed by atoms with Crippen LogP contribution in [0, 0.1) is 0 Å². The number of aliphatic imine (C=N–C) groups is 1. The van der Waals surface area contributed by atoms with E-state index in [9.17, 15) is 4.79 Å². The van der Waals surface area contributed by atoms with Gasteiger partial charge in [0.25, 0.3) is 5.91 Å². The van der Waals surface area contributed by atoms with Gasteiger partial charge in [0.15, 0.2) is 5.96 Å². The molecule has 0 fully saturated rings. The molecule has 0 bridgehead atoms. The van der Waals surface area contributed by atoms with Crippen molar-refractivity contribution in [3.05, 3.63) is 56.2 Å². The molecule has 0 saturated heterocycles. The molecule has 0 aliphatic heterocycles. The molecule has 3 N–H and O–H groups in total. The van der Waals surface area contributed by atoms with E-state index in [0.717, 1.165) is 34.8 Å². The number of halogens is 2. The van der Waals surface area contributed by atoms with E-state index in [1.807, 2.05) is 30.3 Å². The minimum atomic E-state index is -0.0654. The van der Waals surface area contributed by atoms with E-state index in [-0.39, 0.29) is 29.9 Å². The normalized spacial score (nSPS) is 10.8. The van der Waals surface area contributed by atoms with Gasteiger partial charge in [-0.15, -0.1) is 35.3 Å². The lowest BCUT2D eigenvalue weighted by molar-refractivity contribution is 0.0963. The Hall–Kier alpha value is -1.13. The summed E-state index contributed by atoms with van der Waals surface area (Å²) in [5.41, 5.74) is 1.79. The fourth-order valence-corrected chi connectivity index (χ4v) is 3.60. The number of amides is 1. The van der Waals surface area contributed by atoms with Gasteiger partial charge in [-0.3, -0.25) is 9.79 Å². The van der Waals surface area contributed by atoms with E-state index in [1.54, 1.807) is 25.4 Å². The van der Waals surface area contributed by atoms with Crippen LogP contribution >= 0.6 is 51.2 Å². The molecule has 0 aliphatic carbocycles. The highest BCUT2D eigenvalue weighted by Crippen LogP contribution is 2.21. The van der Waals surface area contributed by atoms with Gasteiger partial charge in [0, 0.05) is 31.1 Å². The quantitative estimate of drug-likeness (QED) is 0.301. The molecule has 136 valence electrons. The van der Waals surface area contributed by atoms with E-state index in [0.29, 0.717) is 5.56 Å². The zero-order valence-corrected chi connectivity index (χ0v) is 18.9. The SMILES string of the molecule is CN=C(NCCc1cccc(C(=O)NC)c1)NCc1ccc(Br)s1.I. The van der Waals surface area contributed by atoms with Crippen LogP contribution in [0.5, 0.6) is 0 Å². The minimum Gasteiger partial charge on any atom is -0.356 e. The molecule has 8 heteroatoms. The summed E-state index contributed by atoms with van der Waals surface area (Å²) in [6, 6.07) is 11.8. The maximum absolute atomic E-state index is 11.7. The molecule has 0 spiro atoms. The number of nitrogens with one attached hydrogen (secondary N) is 3. The number of nitrogens with zero attached hydrogens (tertiary/aromatic N) is 1. The summed E-state index contributed by atoms with van der Waals surface area (Å²) in [6.45, 7) is 1.48. The van der Waals surface area contributed by atoms with Gasteiger partial charge in [0.05, 0.1) is 10.3 Å². The Kier molecular flexibility index (Phi) is 10.1. The molecule has 0 saturated carbocycles. The van der Waals surface area contributed by atoms with Crippen molar-refractivity contribution in [3.8, 4) is 0 Å². The van der Waals surface area contributed by atoms with Crippen LogP contribution in [0.2, 0.25) is 0 Å². The molecule has 0 aliphatic rings. The summed E-state index contributed by atoms with van der Waals surface area (Å²) < 4.78 is 1.12. The predicted octanol–water partition coefficient (Wildman–Crippen LogP) is 3.40. The molecular weight excluding hydrogens is 515 g/mol. The number of rotatable bonds is 6. The third-order valence-electron chi connectivity index (χ3n) is 3.40. The van der Waals surface area contributed by atoms with E-state index in [2.05, 4.69) is 42.9 Å². The van der Waals surface area contributed by atoms with Gasteiger partial charge < -0.3 is 16.0 Å². The average Bonchev–Trinajstić information content (AvgIpc) is 3.02. The van der Waals surface area contributed by atoms with Crippen molar-refractivity contribution in [1.82, 2.24) is 16.0 Å². The Labute approximate surface area is 177 Å². The van der Waals surface area contributed by atoms with Crippen LogP contribution < -0.4 is 16.0 Å². The Morgan fingerprint density at radius 3 is 2.68 bits per heavy atom. The number of hydrogen-bond donors (Lipinski definition) is 3. The first-order chi connectivity index (χ1) is 11.6. The van der Waals surface area contributed by atoms with Gasteiger partial charge in [0.2, 0.25) is 0 Å². The molecule has 25 heavy (non-hydrogen) atoms. The molecule has 1 amide bonds. The van der Waals surface area contributed by atoms with Crippen molar-refractivity contribution in [2.24, 2.45) is 4.99 Å². The van der Waals surface area contributed by atoms with Crippen molar-refractivity contribution < 1.29 is 4.79 Å². The molecule has 0 atom stereocenters. The van der Waals surface area contributed by atoms with E-state index < -0.39 is 0 Å². The maximum Gasteiger partial charge on any atom is 0.251 e. The van der Waals surface area contributed by atoms with Crippen LogP contribution in [0.4, 0.5) is 0 Å². The van der Waals surface area contributed by atoms with Gasteiger partial charge in [-0.05, 0) is 52.2 Å². The Balaban J connectivity index is 0.00000312. The minimum absolute atomic E-state index is 0. The lowest BCUT2D eigenvalue weighted by Gasteiger charge is -2.11. The van der Waals surface area contributed by atoms with Crippen LogP contribution in [0.15, 0.2) is 45.2 Å². The number of carbonyl (C=O) groups excluding carboxylic acids is 1. The summed E-state index contributed by atoms with van der Waals surface area (Å²) >= 11 is 5.16.